The molecule has 6 nitrogen and oxygen atoms in total. The molecule has 0 spiro atoms. The number of nitrogens with zero attached hydrogens (tertiary/aromatic N) is 2. The number of aromatic nitrogens is 1. The fraction of sp³-hybridized carbons (Fsp3) is 0.192. The Kier molecular flexibility index (Phi) is 6.31. The van der Waals surface area contributed by atoms with E-state index in [-0.39, 0.29) is 17.9 Å². The number of hydrogen-bond donors (Lipinski definition) is 1. The van der Waals surface area contributed by atoms with E-state index in [1.54, 1.807) is 42.7 Å². The van der Waals surface area contributed by atoms with Crippen molar-refractivity contribution < 1.29 is 19.4 Å². The molecule has 32 heavy (non-hydrogen) atoms. The van der Waals surface area contributed by atoms with Crippen LogP contribution in [0.15, 0.2) is 84.7 Å². The number of carbonyl (C=O) groups excluding carboxylic acids is 2. The highest BCUT2D eigenvalue weighted by Crippen LogP contribution is 2.41. The summed E-state index contributed by atoms with van der Waals surface area (Å²) in [5.74, 6) is -0.908. The summed E-state index contributed by atoms with van der Waals surface area (Å²) in [4.78, 5) is 31.8. The van der Waals surface area contributed by atoms with Crippen molar-refractivity contribution in [2.24, 2.45) is 0 Å². The van der Waals surface area contributed by atoms with Crippen molar-refractivity contribution in [3.63, 3.8) is 0 Å². The summed E-state index contributed by atoms with van der Waals surface area (Å²) in [6.45, 7) is 2.77. The van der Waals surface area contributed by atoms with Crippen molar-refractivity contribution in [3.8, 4) is 5.75 Å². The summed E-state index contributed by atoms with van der Waals surface area (Å²) in [5.41, 5.74) is 2.03. The number of ketones is 1. The second-order valence-electron chi connectivity index (χ2n) is 7.58. The van der Waals surface area contributed by atoms with Gasteiger partial charge < -0.3 is 14.7 Å². The molecule has 1 atom stereocenters. The summed E-state index contributed by atoms with van der Waals surface area (Å²) in [6.07, 6.45) is 4.17. The Labute approximate surface area is 186 Å². The Morgan fingerprint density at radius 2 is 1.88 bits per heavy atom. The first kappa shape index (κ1) is 21.3. The van der Waals surface area contributed by atoms with Gasteiger partial charge in [0.05, 0.1) is 18.2 Å². The number of ether oxygens (including phenoxy) is 1. The molecule has 0 saturated carbocycles. The summed E-state index contributed by atoms with van der Waals surface area (Å²) >= 11 is 0. The standard InChI is InChI=1S/C26H24N2O4/c1-2-14-32-21-12-6-11-20(15-21)23-22(24(29)19-9-4-3-5-10-19)25(30)26(31)28(23)17-18-8-7-13-27-16-18/h3-13,15-16,23,29H,2,14,17H2,1H3/b24-22+/t23-/m1/s1. The van der Waals surface area contributed by atoms with E-state index in [1.165, 1.54) is 4.90 Å². The number of rotatable bonds is 7. The van der Waals surface area contributed by atoms with Crippen molar-refractivity contribution in [2.75, 3.05) is 6.61 Å². The van der Waals surface area contributed by atoms with Gasteiger partial charge >= 0.3 is 0 Å². The second-order valence-corrected chi connectivity index (χ2v) is 7.58. The smallest absolute Gasteiger partial charge is 0.295 e. The van der Waals surface area contributed by atoms with Gasteiger partial charge in [-0.1, -0.05) is 55.5 Å². The van der Waals surface area contributed by atoms with Crippen LogP contribution in [-0.4, -0.2) is 33.3 Å². The molecular weight excluding hydrogens is 404 g/mol. The molecule has 4 rings (SSSR count). The van der Waals surface area contributed by atoms with Crippen LogP contribution in [0.4, 0.5) is 0 Å². The van der Waals surface area contributed by atoms with E-state index < -0.39 is 17.7 Å². The van der Waals surface area contributed by atoms with Crippen molar-refractivity contribution >= 4 is 17.4 Å². The molecule has 1 aliphatic rings. The number of aliphatic hydroxyl groups excluding tert-OH is 1. The van der Waals surface area contributed by atoms with Crippen LogP contribution in [0.5, 0.6) is 5.75 Å². The summed E-state index contributed by atoms with van der Waals surface area (Å²) in [7, 11) is 0. The van der Waals surface area contributed by atoms with Gasteiger partial charge in [0, 0.05) is 24.5 Å². The predicted octanol–water partition coefficient (Wildman–Crippen LogP) is 4.49. The van der Waals surface area contributed by atoms with E-state index in [2.05, 4.69) is 4.98 Å². The van der Waals surface area contributed by atoms with Gasteiger partial charge in [-0.15, -0.1) is 0 Å². The van der Waals surface area contributed by atoms with Crippen LogP contribution in [-0.2, 0) is 16.1 Å². The number of Topliss-reactive ketones (excluding diaryl/α,β-unsaturated/α-hetero) is 1. The third-order valence-corrected chi connectivity index (χ3v) is 5.31. The summed E-state index contributed by atoms with van der Waals surface area (Å²) in [5, 5.41) is 11.1. The van der Waals surface area contributed by atoms with Gasteiger partial charge in [-0.3, -0.25) is 14.6 Å². The first-order valence-electron chi connectivity index (χ1n) is 10.6. The molecule has 0 unspecified atom stereocenters. The first-order chi connectivity index (χ1) is 15.6. The lowest BCUT2D eigenvalue weighted by molar-refractivity contribution is -0.140. The van der Waals surface area contributed by atoms with Gasteiger partial charge in [0.2, 0.25) is 0 Å². The largest absolute Gasteiger partial charge is 0.507 e. The van der Waals surface area contributed by atoms with Gasteiger partial charge in [-0.2, -0.15) is 0 Å². The fourth-order valence-electron chi connectivity index (χ4n) is 3.82. The molecule has 1 fully saturated rings. The quantitative estimate of drug-likeness (QED) is 0.341. The summed E-state index contributed by atoms with van der Waals surface area (Å²) < 4.78 is 5.77. The van der Waals surface area contributed by atoms with E-state index in [9.17, 15) is 14.7 Å². The minimum Gasteiger partial charge on any atom is -0.507 e. The predicted molar refractivity (Wildman–Crippen MR) is 121 cm³/mol. The maximum atomic E-state index is 13.1. The molecule has 0 radical (unpaired) electrons. The monoisotopic (exact) mass is 428 g/mol. The highest BCUT2D eigenvalue weighted by Gasteiger charge is 2.46. The van der Waals surface area contributed by atoms with Crippen LogP contribution in [0.1, 0.15) is 36.1 Å². The number of amides is 1. The molecule has 0 bridgehead atoms. The lowest BCUT2D eigenvalue weighted by atomic mass is 9.95. The van der Waals surface area contributed by atoms with Crippen molar-refractivity contribution in [2.45, 2.75) is 25.9 Å². The van der Waals surface area contributed by atoms with Crippen LogP contribution in [0.2, 0.25) is 0 Å². The van der Waals surface area contributed by atoms with Gasteiger partial charge in [-0.25, -0.2) is 0 Å². The van der Waals surface area contributed by atoms with E-state index in [1.807, 2.05) is 43.3 Å². The highest BCUT2D eigenvalue weighted by molar-refractivity contribution is 6.46. The van der Waals surface area contributed by atoms with E-state index in [0.717, 1.165) is 12.0 Å². The zero-order chi connectivity index (χ0) is 22.5. The fourth-order valence-corrected chi connectivity index (χ4v) is 3.82. The average Bonchev–Trinajstić information content (AvgIpc) is 3.08. The van der Waals surface area contributed by atoms with Crippen LogP contribution in [0.25, 0.3) is 5.76 Å². The molecule has 162 valence electrons. The Morgan fingerprint density at radius 3 is 2.59 bits per heavy atom. The summed E-state index contributed by atoms with van der Waals surface area (Å²) in [6, 6.07) is 19.0. The maximum absolute atomic E-state index is 13.1. The Bertz CT molecular complexity index is 1140. The van der Waals surface area contributed by atoms with Crippen molar-refractivity contribution in [1.82, 2.24) is 9.88 Å². The van der Waals surface area contributed by atoms with Crippen LogP contribution in [0, 0.1) is 0 Å². The minimum absolute atomic E-state index is 0.0673. The molecule has 1 N–H and O–H groups in total. The number of hydrogen-bond acceptors (Lipinski definition) is 5. The average molecular weight is 428 g/mol. The van der Waals surface area contributed by atoms with E-state index in [4.69, 9.17) is 4.74 Å². The molecule has 2 heterocycles. The number of likely N-dealkylation sites (tertiary alicyclic amines) is 1. The van der Waals surface area contributed by atoms with Gasteiger partial charge in [0.15, 0.2) is 0 Å². The van der Waals surface area contributed by atoms with Gasteiger partial charge in [0.25, 0.3) is 11.7 Å². The zero-order valence-corrected chi connectivity index (χ0v) is 17.8. The van der Waals surface area contributed by atoms with Gasteiger partial charge in [0.1, 0.15) is 11.5 Å². The number of carbonyl (C=O) groups is 2. The van der Waals surface area contributed by atoms with Gasteiger partial charge in [-0.05, 0) is 35.7 Å². The molecule has 1 aliphatic heterocycles. The molecule has 3 aromatic rings. The lowest BCUT2D eigenvalue weighted by Gasteiger charge is -2.25. The Balaban J connectivity index is 1.83. The highest BCUT2D eigenvalue weighted by atomic mass is 16.5. The van der Waals surface area contributed by atoms with Crippen LogP contribution >= 0.6 is 0 Å². The SMILES string of the molecule is CCCOc1cccc([C@@H]2/C(=C(\O)c3ccccc3)C(=O)C(=O)N2Cc2cccnc2)c1. The molecule has 1 aromatic heterocycles. The maximum Gasteiger partial charge on any atom is 0.295 e. The normalized spacial score (nSPS) is 17.5. The van der Waals surface area contributed by atoms with Crippen molar-refractivity contribution in [1.29, 1.82) is 0 Å². The third-order valence-electron chi connectivity index (χ3n) is 5.31. The molecule has 0 aliphatic carbocycles. The zero-order valence-electron chi connectivity index (χ0n) is 17.8. The van der Waals surface area contributed by atoms with Crippen LogP contribution < -0.4 is 4.74 Å². The Morgan fingerprint density at radius 1 is 1.06 bits per heavy atom. The molecular formula is C26H24N2O4. The molecule has 1 amide bonds. The number of pyridine rings is 1. The topological polar surface area (TPSA) is 79.7 Å². The minimum atomic E-state index is -0.749. The first-order valence-corrected chi connectivity index (χ1v) is 10.6. The molecule has 6 heteroatoms. The van der Waals surface area contributed by atoms with E-state index in [0.29, 0.717) is 23.5 Å². The van der Waals surface area contributed by atoms with E-state index >= 15 is 0 Å². The number of benzene rings is 2. The third kappa shape index (κ3) is 4.25. The lowest BCUT2D eigenvalue weighted by Crippen LogP contribution is -2.29. The van der Waals surface area contributed by atoms with Crippen LogP contribution in [0.3, 0.4) is 0 Å². The number of aliphatic hydroxyl groups is 1. The molecule has 1 saturated heterocycles. The Hall–Kier alpha value is -3.93. The molecule has 2 aromatic carbocycles. The van der Waals surface area contributed by atoms with Crippen molar-refractivity contribution in [3.05, 3.63) is 101 Å². The second kappa shape index (κ2) is 9.47.